The van der Waals surface area contributed by atoms with E-state index in [2.05, 4.69) is 5.32 Å². The molecule has 0 fully saturated rings. The molecule has 92 valence electrons. The van der Waals surface area contributed by atoms with Crippen molar-refractivity contribution in [2.75, 3.05) is 31.3 Å². The van der Waals surface area contributed by atoms with Gasteiger partial charge in [0.15, 0.2) is 9.84 Å². The SMILES string of the molecule is CCOCCOC(=S)NC1=CCS(=O)(=O)C1. The highest BCUT2D eigenvalue weighted by atomic mass is 32.2. The number of ether oxygens (including phenoxy) is 2. The minimum absolute atomic E-state index is 0.00194. The lowest BCUT2D eigenvalue weighted by atomic mass is 10.5. The average molecular weight is 265 g/mol. The zero-order valence-corrected chi connectivity index (χ0v) is 10.7. The molecule has 0 aromatic rings. The predicted molar refractivity (Wildman–Crippen MR) is 64.9 cm³/mol. The highest BCUT2D eigenvalue weighted by Gasteiger charge is 2.20. The number of rotatable bonds is 5. The van der Waals surface area contributed by atoms with Crippen LogP contribution in [0.25, 0.3) is 0 Å². The molecule has 0 atom stereocenters. The molecule has 0 aliphatic carbocycles. The second-order valence-corrected chi connectivity index (χ2v) is 5.72. The minimum Gasteiger partial charge on any atom is -0.468 e. The number of hydrogen-bond donors (Lipinski definition) is 1. The van der Waals surface area contributed by atoms with E-state index in [1.807, 2.05) is 6.92 Å². The molecule has 0 bridgehead atoms. The second kappa shape index (κ2) is 6.17. The molecule has 1 rings (SSSR count). The Labute approximate surface area is 101 Å². The Balaban J connectivity index is 2.20. The van der Waals surface area contributed by atoms with Gasteiger partial charge in [-0.3, -0.25) is 0 Å². The Bertz CT molecular complexity index is 375. The molecule has 0 saturated carbocycles. The molecule has 5 nitrogen and oxygen atoms in total. The van der Waals surface area contributed by atoms with Gasteiger partial charge in [-0.25, -0.2) is 8.42 Å². The number of nitrogens with one attached hydrogen (secondary N) is 1. The zero-order chi connectivity index (χ0) is 12.0. The summed E-state index contributed by atoms with van der Waals surface area (Å²) in [6, 6.07) is 0. The van der Waals surface area contributed by atoms with Crippen molar-refractivity contribution in [1.29, 1.82) is 0 Å². The quantitative estimate of drug-likeness (QED) is 0.567. The van der Waals surface area contributed by atoms with Crippen LogP contribution < -0.4 is 5.32 Å². The fourth-order valence-corrected chi connectivity index (χ4v) is 2.63. The molecule has 0 spiro atoms. The Kier molecular flexibility index (Phi) is 5.17. The lowest BCUT2D eigenvalue weighted by Gasteiger charge is -2.09. The summed E-state index contributed by atoms with van der Waals surface area (Å²) in [6.45, 7) is 3.35. The van der Waals surface area contributed by atoms with Crippen LogP contribution in [-0.4, -0.2) is 44.9 Å². The van der Waals surface area contributed by atoms with Gasteiger partial charge in [0.1, 0.15) is 6.61 Å². The van der Waals surface area contributed by atoms with Crippen LogP contribution in [0.4, 0.5) is 0 Å². The van der Waals surface area contributed by atoms with Gasteiger partial charge in [0.2, 0.25) is 0 Å². The molecule has 1 aliphatic heterocycles. The van der Waals surface area contributed by atoms with Crippen LogP contribution >= 0.6 is 12.2 Å². The van der Waals surface area contributed by atoms with E-state index in [1.54, 1.807) is 6.08 Å². The van der Waals surface area contributed by atoms with Crippen LogP contribution in [0.1, 0.15) is 6.92 Å². The normalized spacial score (nSPS) is 17.9. The van der Waals surface area contributed by atoms with Crippen molar-refractivity contribution in [2.45, 2.75) is 6.92 Å². The third kappa shape index (κ3) is 4.91. The maximum absolute atomic E-state index is 11.1. The van der Waals surface area contributed by atoms with Gasteiger partial charge in [-0.15, -0.1) is 0 Å². The summed E-state index contributed by atoms with van der Waals surface area (Å²) >= 11 is 4.89. The molecule has 1 aliphatic rings. The monoisotopic (exact) mass is 265 g/mol. The predicted octanol–water partition coefficient (Wildman–Crippen LogP) is 0.226. The highest BCUT2D eigenvalue weighted by Crippen LogP contribution is 2.08. The largest absolute Gasteiger partial charge is 0.468 e. The molecule has 0 saturated heterocycles. The van der Waals surface area contributed by atoms with E-state index in [0.29, 0.717) is 25.5 Å². The Morgan fingerprint density at radius 1 is 1.56 bits per heavy atom. The van der Waals surface area contributed by atoms with E-state index in [4.69, 9.17) is 21.7 Å². The first-order valence-corrected chi connectivity index (χ1v) is 7.17. The summed E-state index contributed by atoms with van der Waals surface area (Å²) in [7, 11) is -2.97. The van der Waals surface area contributed by atoms with Gasteiger partial charge in [0.05, 0.1) is 18.1 Å². The van der Waals surface area contributed by atoms with Crippen molar-refractivity contribution in [1.82, 2.24) is 5.32 Å². The van der Waals surface area contributed by atoms with Crippen LogP contribution in [0.15, 0.2) is 11.8 Å². The third-order valence-corrected chi connectivity index (χ3v) is 3.53. The van der Waals surface area contributed by atoms with Crippen LogP contribution in [0.2, 0.25) is 0 Å². The van der Waals surface area contributed by atoms with Crippen molar-refractivity contribution in [2.24, 2.45) is 0 Å². The van der Waals surface area contributed by atoms with Gasteiger partial charge in [0.25, 0.3) is 5.17 Å². The Hall–Kier alpha value is -0.660. The summed E-state index contributed by atoms with van der Waals surface area (Å²) in [4.78, 5) is 0. The van der Waals surface area contributed by atoms with E-state index in [0.717, 1.165) is 0 Å². The summed E-state index contributed by atoms with van der Waals surface area (Å²) in [5.41, 5.74) is 0.585. The molecule has 0 radical (unpaired) electrons. The van der Waals surface area contributed by atoms with Gasteiger partial charge in [-0.1, -0.05) is 0 Å². The van der Waals surface area contributed by atoms with Crippen LogP contribution in [0.5, 0.6) is 0 Å². The van der Waals surface area contributed by atoms with Crippen molar-refractivity contribution >= 4 is 27.2 Å². The molecular formula is C9H15NO4S2. The molecular weight excluding hydrogens is 250 g/mol. The summed E-state index contributed by atoms with van der Waals surface area (Å²) in [5.74, 6) is 0.0683. The molecule has 1 N–H and O–H groups in total. The second-order valence-electron chi connectivity index (χ2n) is 3.24. The summed E-state index contributed by atoms with van der Waals surface area (Å²) in [5, 5.41) is 2.93. The smallest absolute Gasteiger partial charge is 0.261 e. The van der Waals surface area contributed by atoms with Gasteiger partial charge < -0.3 is 14.8 Å². The van der Waals surface area contributed by atoms with Crippen molar-refractivity contribution in [3.05, 3.63) is 11.8 Å². The fraction of sp³-hybridized carbons (Fsp3) is 0.667. The third-order valence-electron chi connectivity index (χ3n) is 1.89. The van der Waals surface area contributed by atoms with Crippen LogP contribution in [-0.2, 0) is 19.3 Å². The molecule has 7 heteroatoms. The summed E-state index contributed by atoms with van der Waals surface area (Å²) in [6.07, 6.45) is 1.60. The molecule has 0 aromatic carbocycles. The standard InChI is InChI=1S/C9H15NO4S2/c1-2-13-4-5-14-9(15)10-8-3-6-16(11,12)7-8/h3H,2,4-7H2,1H3,(H,10,15). The maximum atomic E-state index is 11.1. The zero-order valence-electron chi connectivity index (χ0n) is 9.06. The van der Waals surface area contributed by atoms with Crippen molar-refractivity contribution in [3.8, 4) is 0 Å². The Morgan fingerprint density at radius 3 is 2.88 bits per heavy atom. The summed E-state index contributed by atoms with van der Waals surface area (Å²) < 4.78 is 32.4. The highest BCUT2D eigenvalue weighted by molar-refractivity contribution is 7.92. The van der Waals surface area contributed by atoms with E-state index < -0.39 is 9.84 Å². The first-order chi connectivity index (χ1) is 7.53. The topological polar surface area (TPSA) is 64.6 Å². The Morgan fingerprint density at radius 2 is 2.31 bits per heavy atom. The molecule has 0 aromatic heterocycles. The minimum atomic E-state index is -2.97. The number of hydrogen-bond acceptors (Lipinski definition) is 5. The maximum Gasteiger partial charge on any atom is 0.261 e. The lowest BCUT2D eigenvalue weighted by molar-refractivity contribution is 0.106. The van der Waals surface area contributed by atoms with E-state index in [-0.39, 0.29) is 16.7 Å². The number of sulfone groups is 1. The molecule has 0 unspecified atom stereocenters. The fourth-order valence-electron chi connectivity index (χ4n) is 1.17. The van der Waals surface area contributed by atoms with Crippen molar-refractivity contribution < 1.29 is 17.9 Å². The van der Waals surface area contributed by atoms with Crippen LogP contribution in [0, 0.1) is 0 Å². The average Bonchev–Trinajstić information content (AvgIpc) is 2.53. The first kappa shape index (κ1) is 13.4. The number of thiocarbonyl (C=S) groups is 1. The van der Waals surface area contributed by atoms with Gasteiger partial charge in [-0.2, -0.15) is 0 Å². The molecule has 0 amide bonds. The van der Waals surface area contributed by atoms with Gasteiger partial charge in [-0.05, 0) is 25.2 Å². The molecule has 1 heterocycles. The van der Waals surface area contributed by atoms with E-state index in [1.165, 1.54) is 0 Å². The van der Waals surface area contributed by atoms with Gasteiger partial charge in [0, 0.05) is 12.3 Å². The first-order valence-electron chi connectivity index (χ1n) is 4.94. The lowest BCUT2D eigenvalue weighted by Crippen LogP contribution is -2.26. The van der Waals surface area contributed by atoms with E-state index in [9.17, 15) is 8.42 Å². The van der Waals surface area contributed by atoms with Crippen molar-refractivity contribution in [3.63, 3.8) is 0 Å². The molecule has 16 heavy (non-hydrogen) atoms. The van der Waals surface area contributed by atoms with Gasteiger partial charge >= 0.3 is 0 Å². The van der Waals surface area contributed by atoms with E-state index >= 15 is 0 Å². The van der Waals surface area contributed by atoms with Crippen LogP contribution in [0.3, 0.4) is 0 Å².